The number of carbonyl (C=O) groups excluding carboxylic acids is 1. The summed E-state index contributed by atoms with van der Waals surface area (Å²) in [6.07, 6.45) is 3.03. The highest BCUT2D eigenvalue weighted by molar-refractivity contribution is 7.89. The molecule has 1 aliphatic heterocycles. The standard InChI is InChI=1S/C18H28N2O5S/c1-4-5-10-19-18(21)14-8-11-20(12-9-14)26(22,23)17-7-6-15(24-2)13-16(17)25-3/h6-7,13-14H,4-5,8-12H2,1-3H3,(H,19,21). The Bertz CT molecular complexity index is 712. The van der Waals surface area contributed by atoms with Gasteiger partial charge in [0.2, 0.25) is 15.9 Å². The summed E-state index contributed by atoms with van der Waals surface area (Å²) in [6.45, 7) is 3.40. The van der Waals surface area contributed by atoms with Crippen molar-refractivity contribution in [3.63, 3.8) is 0 Å². The van der Waals surface area contributed by atoms with E-state index in [9.17, 15) is 13.2 Å². The van der Waals surface area contributed by atoms with Gasteiger partial charge < -0.3 is 14.8 Å². The molecule has 0 unspecified atom stereocenters. The first kappa shape index (κ1) is 20.5. The van der Waals surface area contributed by atoms with E-state index in [2.05, 4.69) is 12.2 Å². The fraction of sp³-hybridized carbons (Fsp3) is 0.611. The van der Waals surface area contributed by atoms with Crippen LogP contribution in [0.1, 0.15) is 32.6 Å². The maximum Gasteiger partial charge on any atom is 0.246 e. The Hall–Kier alpha value is -1.80. The van der Waals surface area contributed by atoms with E-state index in [1.54, 1.807) is 12.1 Å². The van der Waals surface area contributed by atoms with Gasteiger partial charge in [-0.2, -0.15) is 4.31 Å². The lowest BCUT2D eigenvalue weighted by atomic mass is 9.97. The number of carbonyl (C=O) groups is 1. The predicted molar refractivity (Wildman–Crippen MR) is 98.9 cm³/mol. The van der Waals surface area contributed by atoms with Crippen LogP contribution in [0.5, 0.6) is 11.5 Å². The molecule has 1 N–H and O–H groups in total. The molecule has 1 aromatic rings. The molecule has 26 heavy (non-hydrogen) atoms. The van der Waals surface area contributed by atoms with Crippen molar-refractivity contribution >= 4 is 15.9 Å². The Balaban J connectivity index is 2.05. The molecular weight excluding hydrogens is 356 g/mol. The molecule has 0 aliphatic carbocycles. The first-order chi connectivity index (χ1) is 12.4. The van der Waals surface area contributed by atoms with E-state index in [1.165, 1.54) is 24.6 Å². The number of nitrogens with one attached hydrogen (secondary N) is 1. The lowest BCUT2D eigenvalue weighted by Gasteiger charge is -2.31. The van der Waals surface area contributed by atoms with Crippen LogP contribution in [-0.2, 0) is 14.8 Å². The summed E-state index contributed by atoms with van der Waals surface area (Å²) >= 11 is 0. The predicted octanol–water partition coefficient (Wildman–Crippen LogP) is 2.02. The second-order valence-electron chi connectivity index (χ2n) is 6.34. The summed E-state index contributed by atoms with van der Waals surface area (Å²) in [5.74, 6) is 0.681. The SMILES string of the molecule is CCCCNC(=O)C1CCN(S(=O)(=O)c2ccc(OC)cc2OC)CC1. The smallest absolute Gasteiger partial charge is 0.246 e. The Labute approximate surface area is 155 Å². The van der Waals surface area contributed by atoms with E-state index in [0.29, 0.717) is 38.2 Å². The first-order valence-corrected chi connectivity index (χ1v) is 10.4. The van der Waals surface area contributed by atoms with Gasteiger partial charge in [0.25, 0.3) is 0 Å². The molecule has 0 saturated carbocycles. The zero-order valence-corrected chi connectivity index (χ0v) is 16.5. The summed E-state index contributed by atoms with van der Waals surface area (Å²) in [6, 6.07) is 4.65. The molecule has 2 rings (SSSR count). The molecule has 1 aromatic carbocycles. The fourth-order valence-corrected chi connectivity index (χ4v) is 4.62. The summed E-state index contributed by atoms with van der Waals surface area (Å²) < 4.78 is 37.7. The van der Waals surface area contributed by atoms with Gasteiger partial charge in [-0.25, -0.2) is 8.42 Å². The Morgan fingerprint density at radius 1 is 1.23 bits per heavy atom. The van der Waals surface area contributed by atoms with Crippen molar-refractivity contribution in [2.75, 3.05) is 33.9 Å². The van der Waals surface area contributed by atoms with Gasteiger partial charge in [-0.15, -0.1) is 0 Å². The van der Waals surface area contributed by atoms with Gasteiger partial charge in [0.05, 0.1) is 14.2 Å². The zero-order valence-electron chi connectivity index (χ0n) is 15.7. The van der Waals surface area contributed by atoms with Gasteiger partial charge in [-0.3, -0.25) is 4.79 Å². The molecule has 1 fully saturated rings. The molecular formula is C18H28N2O5S. The molecule has 8 heteroatoms. The second kappa shape index (κ2) is 9.23. The van der Waals surface area contributed by atoms with Crippen LogP contribution in [-0.4, -0.2) is 52.5 Å². The van der Waals surface area contributed by atoms with Gasteiger partial charge in [-0.1, -0.05) is 13.3 Å². The molecule has 1 aliphatic rings. The summed E-state index contributed by atoms with van der Waals surface area (Å²) in [5.41, 5.74) is 0. The third kappa shape index (κ3) is 4.67. The third-order valence-electron chi connectivity index (χ3n) is 4.64. The summed E-state index contributed by atoms with van der Waals surface area (Å²) in [7, 11) is -0.734. The van der Waals surface area contributed by atoms with Gasteiger partial charge in [0.15, 0.2) is 0 Å². The second-order valence-corrected chi connectivity index (χ2v) is 8.25. The van der Waals surface area contributed by atoms with Crippen molar-refractivity contribution < 1.29 is 22.7 Å². The lowest BCUT2D eigenvalue weighted by Crippen LogP contribution is -2.43. The van der Waals surface area contributed by atoms with Crippen LogP contribution in [0, 0.1) is 5.92 Å². The number of piperidine rings is 1. The third-order valence-corrected chi connectivity index (χ3v) is 6.58. The molecule has 0 aromatic heterocycles. The van der Waals surface area contributed by atoms with E-state index >= 15 is 0 Å². The Kier molecular flexibility index (Phi) is 7.28. The minimum Gasteiger partial charge on any atom is -0.497 e. The van der Waals surface area contributed by atoms with E-state index in [0.717, 1.165) is 12.8 Å². The van der Waals surface area contributed by atoms with E-state index in [-0.39, 0.29) is 22.5 Å². The van der Waals surface area contributed by atoms with Crippen molar-refractivity contribution in [3.8, 4) is 11.5 Å². The van der Waals surface area contributed by atoms with Crippen LogP contribution >= 0.6 is 0 Å². The Morgan fingerprint density at radius 3 is 2.50 bits per heavy atom. The number of sulfonamides is 1. The largest absolute Gasteiger partial charge is 0.497 e. The molecule has 146 valence electrons. The first-order valence-electron chi connectivity index (χ1n) is 8.94. The minimum atomic E-state index is -3.68. The van der Waals surface area contributed by atoms with E-state index in [1.807, 2.05) is 0 Å². The van der Waals surface area contributed by atoms with Crippen LogP contribution in [0.25, 0.3) is 0 Å². The molecule has 1 heterocycles. The molecule has 1 amide bonds. The van der Waals surface area contributed by atoms with Crippen molar-refractivity contribution in [2.45, 2.75) is 37.5 Å². The molecule has 0 radical (unpaired) electrons. The average Bonchev–Trinajstić information content (AvgIpc) is 2.67. The number of unbranched alkanes of at least 4 members (excludes halogenated alkanes) is 1. The molecule has 0 atom stereocenters. The number of hydrogen-bond donors (Lipinski definition) is 1. The molecule has 0 spiro atoms. The summed E-state index contributed by atoms with van der Waals surface area (Å²) in [4.78, 5) is 12.3. The highest BCUT2D eigenvalue weighted by Gasteiger charge is 2.33. The van der Waals surface area contributed by atoms with Crippen LogP contribution in [0.2, 0.25) is 0 Å². The number of methoxy groups -OCH3 is 2. The minimum absolute atomic E-state index is 0.0255. The highest BCUT2D eigenvalue weighted by Crippen LogP contribution is 2.32. The van der Waals surface area contributed by atoms with Crippen molar-refractivity contribution in [1.82, 2.24) is 9.62 Å². The molecule has 7 nitrogen and oxygen atoms in total. The van der Waals surface area contributed by atoms with Crippen LogP contribution < -0.4 is 14.8 Å². The van der Waals surface area contributed by atoms with Gasteiger partial charge in [0, 0.05) is 31.6 Å². The number of hydrogen-bond acceptors (Lipinski definition) is 5. The maximum atomic E-state index is 13.0. The topological polar surface area (TPSA) is 84.9 Å². The van der Waals surface area contributed by atoms with Gasteiger partial charge in [-0.05, 0) is 31.4 Å². The lowest BCUT2D eigenvalue weighted by molar-refractivity contribution is -0.126. The normalized spacial score (nSPS) is 16.3. The van der Waals surface area contributed by atoms with Gasteiger partial charge in [0.1, 0.15) is 16.4 Å². The van der Waals surface area contributed by atoms with Crippen LogP contribution in [0.4, 0.5) is 0 Å². The number of rotatable bonds is 8. The Morgan fingerprint density at radius 2 is 1.92 bits per heavy atom. The molecule has 1 saturated heterocycles. The van der Waals surface area contributed by atoms with Crippen molar-refractivity contribution in [1.29, 1.82) is 0 Å². The van der Waals surface area contributed by atoms with Crippen LogP contribution in [0.15, 0.2) is 23.1 Å². The van der Waals surface area contributed by atoms with Crippen molar-refractivity contribution in [2.24, 2.45) is 5.92 Å². The number of nitrogens with zero attached hydrogens (tertiary/aromatic N) is 1. The number of amides is 1. The highest BCUT2D eigenvalue weighted by atomic mass is 32.2. The zero-order chi connectivity index (χ0) is 19.2. The van der Waals surface area contributed by atoms with E-state index in [4.69, 9.17) is 9.47 Å². The quantitative estimate of drug-likeness (QED) is 0.693. The average molecular weight is 384 g/mol. The van der Waals surface area contributed by atoms with E-state index < -0.39 is 10.0 Å². The van der Waals surface area contributed by atoms with Crippen molar-refractivity contribution in [3.05, 3.63) is 18.2 Å². The maximum absolute atomic E-state index is 13.0. The number of ether oxygens (including phenoxy) is 2. The summed E-state index contributed by atoms with van der Waals surface area (Å²) in [5, 5.41) is 2.93. The van der Waals surface area contributed by atoms with Crippen LogP contribution in [0.3, 0.4) is 0 Å². The monoisotopic (exact) mass is 384 g/mol. The van der Waals surface area contributed by atoms with Gasteiger partial charge >= 0.3 is 0 Å². The molecule has 0 bridgehead atoms. The number of benzene rings is 1. The fourth-order valence-electron chi connectivity index (χ4n) is 3.02.